The Morgan fingerprint density at radius 2 is 2.00 bits per heavy atom. The third kappa shape index (κ3) is 2.83. The van der Waals surface area contributed by atoms with Gasteiger partial charge in [0, 0.05) is 6.42 Å². The minimum absolute atomic E-state index is 0.0616. The molecule has 1 aliphatic rings. The number of carbonyl (C=O) groups is 2. The summed E-state index contributed by atoms with van der Waals surface area (Å²) < 4.78 is 4.60. The minimum atomic E-state index is -0.481. The maximum Gasteiger partial charge on any atom is 0.316 e. The molecule has 0 spiro atoms. The van der Waals surface area contributed by atoms with Gasteiger partial charge in [-0.25, -0.2) is 0 Å². The van der Waals surface area contributed by atoms with Crippen LogP contribution in [0.2, 0.25) is 0 Å². The zero-order valence-electron chi connectivity index (χ0n) is 8.04. The van der Waals surface area contributed by atoms with Crippen molar-refractivity contribution in [1.82, 2.24) is 0 Å². The van der Waals surface area contributed by atoms with E-state index in [4.69, 9.17) is 0 Å². The van der Waals surface area contributed by atoms with Crippen molar-refractivity contribution in [2.75, 3.05) is 7.11 Å². The Balaban J connectivity index is 2.56. The first-order chi connectivity index (χ1) is 6.25. The summed E-state index contributed by atoms with van der Waals surface area (Å²) in [5, 5.41) is 0. The van der Waals surface area contributed by atoms with E-state index in [1.807, 2.05) is 0 Å². The van der Waals surface area contributed by atoms with E-state index in [0.29, 0.717) is 12.8 Å². The lowest BCUT2D eigenvalue weighted by molar-refractivity contribution is -0.150. The van der Waals surface area contributed by atoms with Crippen LogP contribution in [0.15, 0.2) is 0 Å². The first kappa shape index (κ1) is 10.2. The highest BCUT2D eigenvalue weighted by atomic mass is 16.5. The molecule has 1 atom stereocenters. The molecule has 0 bridgehead atoms. The van der Waals surface area contributed by atoms with Crippen molar-refractivity contribution in [3.8, 4) is 0 Å². The zero-order valence-corrected chi connectivity index (χ0v) is 8.04. The first-order valence-electron chi connectivity index (χ1n) is 4.86. The van der Waals surface area contributed by atoms with E-state index < -0.39 is 5.92 Å². The Morgan fingerprint density at radius 3 is 2.69 bits per heavy atom. The van der Waals surface area contributed by atoms with Crippen molar-refractivity contribution in [1.29, 1.82) is 0 Å². The molecule has 0 aromatic carbocycles. The van der Waals surface area contributed by atoms with Crippen LogP contribution in [0.4, 0.5) is 0 Å². The fraction of sp³-hybridized carbons (Fsp3) is 0.800. The molecule has 0 aliphatic heterocycles. The molecule has 0 amide bonds. The molecular weight excluding hydrogens is 168 g/mol. The fourth-order valence-electron chi connectivity index (χ4n) is 1.73. The Kier molecular flexibility index (Phi) is 3.93. The SMILES string of the molecule is COC(=O)[C@H]1CCCCCCC1=O. The summed E-state index contributed by atoms with van der Waals surface area (Å²) in [7, 11) is 1.34. The van der Waals surface area contributed by atoms with E-state index >= 15 is 0 Å². The predicted octanol–water partition coefficient (Wildman–Crippen LogP) is 1.70. The third-order valence-corrected chi connectivity index (χ3v) is 2.54. The lowest BCUT2D eigenvalue weighted by Crippen LogP contribution is -2.26. The van der Waals surface area contributed by atoms with Crippen LogP contribution < -0.4 is 0 Å². The van der Waals surface area contributed by atoms with Crippen LogP contribution in [-0.4, -0.2) is 18.9 Å². The molecule has 74 valence electrons. The maximum absolute atomic E-state index is 11.5. The van der Waals surface area contributed by atoms with Gasteiger partial charge in [-0.3, -0.25) is 9.59 Å². The standard InChI is InChI=1S/C10H16O3/c1-13-10(12)8-6-4-2-3-5-7-9(8)11/h8H,2-7H2,1H3/t8-/m0/s1. The molecule has 1 rings (SSSR count). The van der Waals surface area contributed by atoms with Crippen molar-refractivity contribution in [3.63, 3.8) is 0 Å². The lowest BCUT2D eigenvalue weighted by atomic mass is 9.90. The third-order valence-electron chi connectivity index (χ3n) is 2.54. The second-order valence-electron chi connectivity index (χ2n) is 3.49. The van der Waals surface area contributed by atoms with Gasteiger partial charge in [-0.1, -0.05) is 19.3 Å². The average molecular weight is 184 g/mol. The van der Waals surface area contributed by atoms with Gasteiger partial charge in [-0.2, -0.15) is 0 Å². The summed E-state index contributed by atoms with van der Waals surface area (Å²) in [5.41, 5.74) is 0. The van der Waals surface area contributed by atoms with Crippen LogP contribution >= 0.6 is 0 Å². The summed E-state index contributed by atoms with van der Waals surface area (Å²) in [6.45, 7) is 0. The number of ketones is 1. The van der Waals surface area contributed by atoms with E-state index in [0.717, 1.165) is 25.7 Å². The number of methoxy groups -OCH3 is 1. The highest BCUT2D eigenvalue weighted by Gasteiger charge is 2.27. The number of hydrogen-bond donors (Lipinski definition) is 0. The van der Waals surface area contributed by atoms with Gasteiger partial charge < -0.3 is 4.74 Å². The minimum Gasteiger partial charge on any atom is -0.468 e. The molecule has 1 saturated carbocycles. The van der Waals surface area contributed by atoms with Crippen LogP contribution in [0, 0.1) is 5.92 Å². The van der Waals surface area contributed by atoms with Crippen molar-refractivity contribution in [3.05, 3.63) is 0 Å². The molecule has 13 heavy (non-hydrogen) atoms. The van der Waals surface area contributed by atoms with E-state index in [-0.39, 0.29) is 11.8 Å². The van der Waals surface area contributed by atoms with E-state index in [1.165, 1.54) is 7.11 Å². The number of ether oxygens (including phenoxy) is 1. The van der Waals surface area contributed by atoms with E-state index in [2.05, 4.69) is 4.74 Å². The topological polar surface area (TPSA) is 43.4 Å². The Hall–Kier alpha value is -0.860. The van der Waals surface area contributed by atoms with Gasteiger partial charge >= 0.3 is 5.97 Å². The van der Waals surface area contributed by atoms with Gasteiger partial charge in [0.05, 0.1) is 7.11 Å². The fourth-order valence-corrected chi connectivity index (χ4v) is 1.73. The molecule has 1 fully saturated rings. The van der Waals surface area contributed by atoms with Crippen molar-refractivity contribution in [2.45, 2.75) is 38.5 Å². The molecule has 0 heterocycles. The quantitative estimate of drug-likeness (QED) is 0.460. The molecule has 3 heteroatoms. The first-order valence-corrected chi connectivity index (χ1v) is 4.86. The molecule has 0 aromatic heterocycles. The summed E-state index contributed by atoms with van der Waals surface area (Å²) in [4.78, 5) is 22.7. The van der Waals surface area contributed by atoms with Crippen LogP contribution in [0.3, 0.4) is 0 Å². The van der Waals surface area contributed by atoms with E-state index in [1.54, 1.807) is 0 Å². The summed E-state index contributed by atoms with van der Waals surface area (Å²) in [6, 6.07) is 0. The summed E-state index contributed by atoms with van der Waals surface area (Å²) in [5.74, 6) is -0.774. The number of rotatable bonds is 1. The normalized spacial score (nSPS) is 24.7. The smallest absolute Gasteiger partial charge is 0.316 e. The molecule has 0 N–H and O–H groups in total. The van der Waals surface area contributed by atoms with Crippen molar-refractivity contribution in [2.24, 2.45) is 5.92 Å². The molecule has 0 unspecified atom stereocenters. The molecule has 0 radical (unpaired) electrons. The highest BCUT2D eigenvalue weighted by Crippen LogP contribution is 2.20. The van der Waals surface area contributed by atoms with Gasteiger partial charge in [0.25, 0.3) is 0 Å². The Labute approximate surface area is 78.5 Å². The second kappa shape index (κ2) is 5.00. The zero-order chi connectivity index (χ0) is 9.68. The maximum atomic E-state index is 11.5. The van der Waals surface area contributed by atoms with Crippen LogP contribution in [0.1, 0.15) is 38.5 Å². The average Bonchev–Trinajstić information content (AvgIpc) is 2.11. The Morgan fingerprint density at radius 1 is 1.31 bits per heavy atom. The van der Waals surface area contributed by atoms with Gasteiger partial charge in [0.15, 0.2) is 0 Å². The molecule has 0 aromatic rings. The number of carbonyl (C=O) groups excluding carboxylic acids is 2. The predicted molar refractivity (Wildman–Crippen MR) is 48.2 cm³/mol. The van der Waals surface area contributed by atoms with Gasteiger partial charge in [-0.15, -0.1) is 0 Å². The van der Waals surface area contributed by atoms with Crippen molar-refractivity contribution < 1.29 is 14.3 Å². The van der Waals surface area contributed by atoms with E-state index in [9.17, 15) is 9.59 Å². The van der Waals surface area contributed by atoms with Gasteiger partial charge in [0.2, 0.25) is 0 Å². The highest BCUT2D eigenvalue weighted by molar-refractivity contribution is 5.98. The Bertz CT molecular complexity index is 198. The number of esters is 1. The number of Topliss-reactive ketones (excluding diaryl/α,β-unsaturated/α-hetero) is 1. The molecular formula is C10H16O3. The monoisotopic (exact) mass is 184 g/mol. The number of hydrogen-bond acceptors (Lipinski definition) is 3. The van der Waals surface area contributed by atoms with Gasteiger partial charge in [-0.05, 0) is 12.8 Å². The van der Waals surface area contributed by atoms with Crippen LogP contribution in [0.25, 0.3) is 0 Å². The molecule has 3 nitrogen and oxygen atoms in total. The largest absolute Gasteiger partial charge is 0.468 e. The molecule has 1 aliphatic carbocycles. The van der Waals surface area contributed by atoms with Crippen molar-refractivity contribution >= 4 is 11.8 Å². The summed E-state index contributed by atoms with van der Waals surface area (Å²) >= 11 is 0. The second-order valence-corrected chi connectivity index (χ2v) is 3.49. The summed E-state index contributed by atoms with van der Waals surface area (Å²) in [6.07, 6.45) is 5.34. The van der Waals surface area contributed by atoms with Gasteiger partial charge in [0.1, 0.15) is 11.7 Å². The molecule has 0 saturated heterocycles. The van der Waals surface area contributed by atoms with Crippen LogP contribution in [0.5, 0.6) is 0 Å². The van der Waals surface area contributed by atoms with Crippen LogP contribution in [-0.2, 0) is 14.3 Å². The lowest BCUT2D eigenvalue weighted by Gasteiger charge is -2.15.